The third kappa shape index (κ3) is 9.71. The Bertz CT molecular complexity index is 1310. The predicted octanol–water partition coefficient (Wildman–Crippen LogP) is 4.58. The van der Waals surface area contributed by atoms with Gasteiger partial charge in [0.2, 0.25) is 18.0 Å². The number of nitrogens with zero attached hydrogens (tertiary/aromatic N) is 2. The summed E-state index contributed by atoms with van der Waals surface area (Å²) in [4.78, 5) is 45.7. The molecule has 8 nitrogen and oxygen atoms in total. The van der Waals surface area contributed by atoms with Crippen LogP contribution in [0.15, 0.2) is 59.6 Å². The average Bonchev–Trinajstić information content (AvgIpc) is 3.04. The number of nitrogens with two attached hydrogens (primary N) is 1. The van der Waals surface area contributed by atoms with Crippen molar-refractivity contribution in [1.82, 2.24) is 10.0 Å². The van der Waals surface area contributed by atoms with E-state index in [-0.39, 0.29) is 12.3 Å². The molecule has 1 aliphatic rings. The van der Waals surface area contributed by atoms with E-state index in [1.807, 2.05) is 0 Å². The second kappa shape index (κ2) is 14.7. The normalized spacial score (nSPS) is 16.9. The van der Waals surface area contributed by atoms with Gasteiger partial charge in [0.15, 0.2) is 0 Å². The molecule has 1 heterocycles. The van der Waals surface area contributed by atoms with Gasteiger partial charge < -0.3 is 16.0 Å². The largest absolute Gasteiger partial charge is 0.389 e. The SMILES string of the molecule is CN1C(=O)[C@@H](NC(=O)[C@@H](CCC(F)(F)F)[C@@H](CCC(F)(F)F)C(=O)NSCCN)N=C(c2ccccc2)c2ccccc21. The number of rotatable bonds is 12. The molecule has 43 heavy (non-hydrogen) atoms. The molecule has 0 saturated carbocycles. The molecule has 3 amide bonds. The summed E-state index contributed by atoms with van der Waals surface area (Å²) in [6.07, 6.45) is -16.1. The Kier molecular flexibility index (Phi) is 11.6. The monoisotopic (exact) mass is 631 g/mol. The van der Waals surface area contributed by atoms with E-state index >= 15 is 0 Å². The third-order valence-corrected chi connectivity index (χ3v) is 7.48. The van der Waals surface area contributed by atoms with Crippen LogP contribution in [0.3, 0.4) is 0 Å². The predicted molar refractivity (Wildman–Crippen MR) is 151 cm³/mol. The van der Waals surface area contributed by atoms with Gasteiger partial charge in [-0.3, -0.25) is 19.1 Å². The van der Waals surface area contributed by atoms with Crippen LogP contribution >= 0.6 is 11.9 Å². The van der Waals surface area contributed by atoms with Gasteiger partial charge in [0, 0.05) is 49.2 Å². The lowest BCUT2D eigenvalue weighted by molar-refractivity contribution is -0.152. The number of alkyl halides is 6. The number of nitrogens with one attached hydrogen (secondary N) is 2. The smallest absolute Gasteiger partial charge is 0.330 e. The quantitative estimate of drug-likeness (QED) is 0.180. The number of hydrogen-bond acceptors (Lipinski definition) is 6. The lowest BCUT2D eigenvalue weighted by Crippen LogP contribution is -2.50. The second-order valence-electron chi connectivity index (χ2n) is 9.79. The minimum absolute atomic E-state index is 0.109. The van der Waals surface area contributed by atoms with Crippen LogP contribution < -0.4 is 20.7 Å². The Labute approximate surface area is 248 Å². The highest BCUT2D eigenvalue weighted by Gasteiger charge is 2.41. The van der Waals surface area contributed by atoms with Crippen LogP contribution in [0.1, 0.15) is 36.8 Å². The summed E-state index contributed by atoms with van der Waals surface area (Å²) in [7, 11) is 1.43. The number of likely N-dealkylation sites (N-methyl/N-ethyl adjacent to an activating group) is 1. The first-order chi connectivity index (χ1) is 20.2. The molecule has 1 aliphatic heterocycles. The van der Waals surface area contributed by atoms with Crippen LogP contribution in [0.25, 0.3) is 0 Å². The first kappa shape index (κ1) is 33.9. The number of anilines is 1. The van der Waals surface area contributed by atoms with Crippen molar-refractivity contribution >= 4 is 41.1 Å². The maximum Gasteiger partial charge on any atom is 0.389 e. The third-order valence-electron chi connectivity index (χ3n) is 6.70. The van der Waals surface area contributed by atoms with Gasteiger partial charge in [-0.25, -0.2) is 4.99 Å². The zero-order valence-electron chi connectivity index (χ0n) is 23.0. The van der Waals surface area contributed by atoms with Crippen LogP contribution in [0.4, 0.5) is 32.0 Å². The molecular formula is C28H31F6N5O3S. The number of para-hydroxylation sites is 1. The molecule has 0 saturated heterocycles. The van der Waals surface area contributed by atoms with Gasteiger partial charge in [-0.2, -0.15) is 26.3 Å². The van der Waals surface area contributed by atoms with Gasteiger partial charge >= 0.3 is 12.4 Å². The fraction of sp³-hybridized carbons (Fsp3) is 0.429. The lowest BCUT2D eigenvalue weighted by atomic mass is 9.83. The Balaban J connectivity index is 2.02. The summed E-state index contributed by atoms with van der Waals surface area (Å²) in [5, 5.41) is 2.34. The molecule has 0 unspecified atom stereocenters. The zero-order valence-corrected chi connectivity index (χ0v) is 23.9. The van der Waals surface area contributed by atoms with E-state index < -0.39 is 73.8 Å². The topological polar surface area (TPSA) is 117 Å². The number of benzene rings is 2. The van der Waals surface area contributed by atoms with E-state index in [0.717, 1.165) is 11.9 Å². The summed E-state index contributed by atoms with van der Waals surface area (Å²) in [5.74, 6) is -6.46. The molecule has 0 bridgehead atoms. The van der Waals surface area contributed by atoms with Gasteiger partial charge in [-0.1, -0.05) is 48.5 Å². The fourth-order valence-corrected chi connectivity index (χ4v) is 5.12. The molecule has 2 aromatic rings. The maximum atomic E-state index is 13.6. The highest BCUT2D eigenvalue weighted by atomic mass is 32.2. The standard InChI is InChI=1S/C28H31F6N5O3S/c1-39-21-10-6-5-9-20(21)22(17-7-3-2-4-8-17)36-23(26(39)42)37-24(40)18(11-13-27(29,30)31)19(12-14-28(32,33)34)25(41)38-43-16-15-35/h2-10,18-19,23H,11-16,35H2,1H3,(H,37,40)(H,38,41)/t18-,19+,23+/m0/s1. The number of amides is 3. The minimum atomic E-state index is -4.77. The average molecular weight is 632 g/mol. The Morgan fingerprint density at radius 2 is 1.49 bits per heavy atom. The van der Waals surface area contributed by atoms with E-state index in [1.54, 1.807) is 54.6 Å². The van der Waals surface area contributed by atoms with Crippen LogP contribution in [-0.4, -0.2) is 61.3 Å². The maximum absolute atomic E-state index is 13.6. The summed E-state index contributed by atoms with van der Waals surface area (Å²) < 4.78 is 81.6. The van der Waals surface area contributed by atoms with E-state index in [2.05, 4.69) is 15.0 Å². The van der Waals surface area contributed by atoms with E-state index in [1.165, 1.54) is 11.9 Å². The Morgan fingerprint density at radius 3 is 2.07 bits per heavy atom. The molecule has 0 aromatic heterocycles. The molecule has 0 aliphatic carbocycles. The summed E-state index contributed by atoms with van der Waals surface area (Å²) in [6, 6.07) is 15.4. The molecule has 0 fully saturated rings. The Morgan fingerprint density at radius 1 is 0.930 bits per heavy atom. The van der Waals surface area contributed by atoms with Crippen LogP contribution in [-0.2, 0) is 14.4 Å². The van der Waals surface area contributed by atoms with Crippen molar-refractivity contribution in [1.29, 1.82) is 0 Å². The fourth-order valence-electron chi connectivity index (χ4n) is 4.61. The number of halogens is 6. The number of carbonyl (C=O) groups is 3. The van der Waals surface area contributed by atoms with Crippen molar-refractivity contribution in [3.63, 3.8) is 0 Å². The molecule has 15 heteroatoms. The molecule has 2 aromatic carbocycles. The first-order valence-electron chi connectivity index (χ1n) is 13.3. The molecule has 234 valence electrons. The van der Waals surface area contributed by atoms with Gasteiger partial charge in [0.05, 0.1) is 17.3 Å². The molecular weight excluding hydrogens is 600 g/mol. The van der Waals surface area contributed by atoms with Gasteiger partial charge in [0.1, 0.15) is 0 Å². The van der Waals surface area contributed by atoms with E-state index in [0.29, 0.717) is 22.5 Å². The van der Waals surface area contributed by atoms with Gasteiger partial charge in [-0.15, -0.1) is 0 Å². The van der Waals surface area contributed by atoms with Crippen molar-refractivity contribution in [2.75, 3.05) is 24.2 Å². The first-order valence-corrected chi connectivity index (χ1v) is 14.3. The van der Waals surface area contributed by atoms with Crippen molar-refractivity contribution in [2.45, 2.75) is 44.2 Å². The molecule has 4 N–H and O–H groups in total. The van der Waals surface area contributed by atoms with Crippen LogP contribution in [0.5, 0.6) is 0 Å². The lowest BCUT2D eigenvalue weighted by Gasteiger charge is -2.28. The number of fused-ring (bicyclic) bond motifs is 1. The van der Waals surface area contributed by atoms with Crippen molar-refractivity contribution < 1.29 is 40.7 Å². The summed E-state index contributed by atoms with van der Waals surface area (Å²) in [5.41, 5.74) is 7.23. The van der Waals surface area contributed by atoms with Gasteiger partial charge in [-0.05, 0) is 30.9 Å². The second-order valence-corrected chi connectivity index (χ2v) is 10.7. The van der Waals surface area contributed by atoms with E-state index in [9.17, 15) is 40.7 Å². The summed E-state index contributed by atoms with van der Waals surface area (Å²) in [6.45, 7) is 0.109. The molecule has 3 atom stereocenters. The highest BCUT2D eigenvalue weighted by molar-refractivity contribution is 7.97. The van der Waals surface area contributed by atoms with Crippen molar-refractivity contribution in [3.05, 3.63) is 65.7 Å². The minimum Gasteiger partial charge on any atom is -0.330 e. The zero-order chi connectivity index (χ0) is 31.8. The molecule has 3 rings (SSSR count). The van der Waals surface area contributed by atoms with Gasteiger partial charge in [0.25, 0.3) is 5.91 Å². The number of benzodiazepines with no additional fused rings is 1. The summed E-state index contributed by atoms with van der Waals surface area (Å²) >= 11 is 0.763. The van der Waals surface area contributed by atoms with Crippen LogP contribution in [0, 0.1) is 11.8 Å². The number of hydrogen-bond donors (Lipinski definition) is 3. The highest BCUT2D eigenvalue weighted by Crippen LogP contribution is 2.34. The van der Waals surface area contributed by atoms with Crippen LogP contribution in [0.2, 0.25) is 0 Å². The van der Waals surface area contributed by atoms with Crippen molar-refractivity contribution in [2.24, 2.45) is 22.6 Å². The molecule has 0 spiro atoms. The number of carbonyl (C=O) groups excluding carboxylic acids is 3. The Hall–Kier alpha value is -3.59. The van der Waals surface area contributed by atoms with E-state index in [4.69, 9.17) is 5.73 Å². The number of aliphatic imine (C=N–C) groups is 1. The van der Waals surface area contributed by atoms with Crippen molar-refractivity contribution in [3.8, 4) is 0 Å². The molecule has 0 radical (unpaired) electrons.